The summed E-state index contributed by atoms with van der Waals surface area (Å²) in [7, 11) is 0. The molecule has 16 heavy (non-hydrogen) atoms. The van der Waals surface area contributed by atoms with E-state index in [0.717, 1.165) is 11.3 Å². The van der Waals surface area contributed by atoms with Crippen LogP contribution in [0.3, 0.4) is 0 Å². The summed E-state index contributed by atoms with van der Waals surface area (Å²) in [5.41, 5.74) is 7.55. The number of nitrogens with two attached hydrogens (primary N) is 1. The molecule has 0 saturated carbocycles. The molecule has 1 unspecified atom stereocenters. The Morgan fingerprint density at radius 1 is 1.38 bits per heavy atom. The molecule has 0 radical (unpaired) electrons. The van der Waals surface area contributed by atoms with Crippen molar-refractivity contribution in [1.29, 1.82) is 0 Å². The average Bonchev–Trinajstić information content (AvgIpc) is 2.15. The van der Waals surface area contributed by atoms with E-state index in [1.807, 2.05) is 52.0 Å². The van der Waals surface area contributed by atoms with Crippen LogP contribution in [0, 0.1) is 12.3 Å². The molecule has 0 spiro atoms. The number of anilines is 1. The maximum Gasteiger partial charge on any atom is 0.241 e. The minimum Gasteiger partial charge on any atom is -0.325 e. The van der Waals surface area contributed by atoms with E-state index >= 15 is 0 Å². The number of aryl methyl sites for hydroxylation is 1. The van der Waals surface area contributed by atoms with Crippen molar-refractivity contribution in [3.63, 3.8) is 0 Å². The molecule has 0 aliphatic carbocycles. The second kappa shape index (κ2) is 4.66. The summed E-state index contributed by atoms with van der Waals surface area (Å²) >= 11 is 0. The predicted octanol–water partition coefficient (Wildman–Crippen LogP) is 2.31. The smallest absolute Gasteiger partial charge is 0.241 e. The number of rotatable bonds is 2. The number of hydrogen-bond acceptors (Lipinski definition) is 2. The molecule has 1 amide bonds. The highest BCUT2D eigenvalue weighted by Gasteiger charge is 2.27. The van der Waals surface area contributed by atoms with E-state index in [1.54, 1.807) is 0 Å². The highest BCUT2D eigenvalue weighted by Crippen LogP contribution is 2.19. The van der Waals surface area contributed by atoms with Gasteiger partial charge in [0.15, 0.2) is 0 Å². The Labute approximate surface area is 97.0 Å². The maximum absolute atomic E-state index is 11.8. The summed E-state index contributed by atoms with van der Waals surface area (Å²) in [6, 6.07) is 7.17. The Balaban J connectivity index is 2.72. The van der Waals surface area contributed by atoms with E-state index in [2.05, 4.69) is 5.32 Å². The lowest BCUT2D eigenvalue weighted by atomic mass is 9.87. The summed E-state index contributed by atoms with van der Waals surface area (Å²) in [6.07, 6.45) is 0. The summed E-state index contributed by atoms with van der Waals surface area (Å²) < 4.78 is 0. The standard InChI is InChI=1S/C13H20N2O/c1-9-6-5-7-10(8-9)15-12(16)11(14)13(2,3)4/h5-8,11H,14H2,1-4H3,(H,15,16). The number of carbonyl (C=O) groups is 1. The molecule has 88 valence electrons. The van der Waals surface area contributed by atoms with Crippen LogP contribution in [0.25, 0.3) is 0 Å². The van der Waals surface area contributed by atoms with Gasteiger partial charge in [0.05, 0.1) is 6.04 Å². The number of nitrogens with one attached hydrogen (secondary N) is 1. The summed E-state index contributed by atoms with van der Waals surface area (Å²) in [4.78, 5) is 11.8. The Kier molecular flexibility index (Phi) is 3.70. The van der Waals surface area contributed by atoms with Crippen molar-refractivity contribution in [2.45, 2.75) is 33.7 Å². The van der Waals surface area contributed by atoms with E-state index in [-0.39, 0.29) is 11.3 Å². The van der Waals surface area contributed by atoms with Crippen molar-refractivity contribution in [3.8, 4) is 0 Å². The zero-order valence-corrected chi connectivity index (χ0v) is 10.4. The van der Waals surface area contributed by atoms with E-state index < -0.39 is 6.04 Å². The van der Waals surface area contributed by atoms with Crippen molar-refractivity contribution in [3.05, 3.63) is 29.8 Å². The Morgan fingerprint density at radius 2 is 2.00 bits per heavy atom. The number of hydrogen-bond donors (Lipinski definition) is 2. The van der Waals surface area contributed by atoms with Crippen LogP contribution >= 0.6 is 0 Å². The maximum atomic E-state index is 11.8. The third kappa shape index (κ3) is 3.35. The second-order valence-electron chi connectivity index (χ2n) is 5.20. The molecule has 1 aromatic carbocycles. The van der Waals surface area contributed by atoms with Gasteiger partial charge in [-0.2, -0.15) is 0 Å². The number of benzene rings is 1. The van der Waals surface area contributed by atoms with Crippen LogP contribution in [0.15, 0.2) is 24.3 Å². The van der Waals surface area contributed by atoms with E-state index in [9.17, 15) is 4.79 Å². The lowest BCUT2D eigenvalue weighted by Crippen LogP contribution is -2.45. The van der Waals surface area contributed by atoms with Crippen molar-refractivity contribution in [2.75, 3.05) is 5.32 Å². The fraction of sp³-hybridized carbons (Fsp3) is 0.462. The molecule has 1 aromatic rings. The van der Waals surface area contributed by atoms with Gasteiger partial charge in [-0.15, -0.1) is 0 Å². The van der Waals surface area contributed by atoms with E-state index in [1.165, 1.54) is 0 Å². The third-order valence-corrected chi connectivity index (χ3v) is 2.50. The highest BCUT2D eigenvalue weighted by molar-refractivity contribution is 5.95. The van der Waals surface area contributed by atoms with Crippen molar-refractivity contribution >= 4 is 11.6 Å². The predicted molar refractivity (Wildman–Crippen MR) is 67.2 cm³/mol. The molecule has 0 aromatic heterocycles. The minimum absolute atomic E-state index is 0.141. The zero-order chi connectivity index (χ0) is 12.3. The fourth-order valence-corrected chi connectivity index (χ4v) is 1.34. The molecule has 0 aliphatic heterocycles. The monoisotopic (exact) mass is 220 g/mol. The Hall–Kier alpha value is -1.35. The molecule has 3 heteroatoms. The molecule has 0 fully saturated rings. The molecule has 0 heterocycles. The van der Waals surface area contributed by atoms with Crippen LogP contribution in [0.1, 0.15) is 26.3 Å². The molecule has 0 saturated heterocycles. The van der Waals surface area contributed by atoms with Gasteiger partial charge in [0.1, 0.15) is 0 Å². The van der Waals surface area contributed by atoms with Crippen LogP contribution < -0.4 is 11.1 Å². The van der Waals surface area contributed by atoms with Crippen LogP contribution in [0.2, 0.25) is 0 Å². The molecular weight excluding hydrogens is 200 g/mol. The number of carbonyl (C=O) groups excluding carboxylic acids is 1. The molecule has 3 nitrogen and oxygen atoms in total. The van der Waals surface area contributed by atoms with Crippen molar-refractivity contribution in [1.82, 2.24) is 0 Å². The topological polar surface area (TPSA) is 55.1 Å². The van der Waals surface area contributed by atoms with Crippen molar-refractivity contribution in [2.24, 2.45) is 11.1 Å². The van der Waals surface area contributed by atoms with Gasteiger partial charge >= 0.3 is 0 Å². The minimum atomic E-state index is -0.506. The fourth-order valence-electron chi connectivity index (χ4n) is 1.34. The molecule has 3 N–H and O–H groups in total. The Morgan fingerprint density at radius 3 is 2.50 bits per heavy atom. The van der Waals surface area contributed by atoms with Gasteiger partial charge in [0.25, 0.3) is 0 Å². The molecule has 0 aliphatic rings. The lowest BCUT2D eigenvalue weighted by Gasteiger charge is -2.25. The zero-order valence-electron chi connectivity index (χ0n) is 10.4. The quantitative estimate of drug-likeness (QED) is 0.803. The van der Waals surface area contributed by atoms with Gasteiger partial charge in [-0.05, 0) is 30.0 Å². The van der Waals surface area contributed by atoms with Crippen LogP contribution in [-0.2, 0) is 4.79 Å². The first-order valence-corrected chi connectivity index (χ1v) is 5.44. The first-order valence-electron chi connectivity index (χ1n) is 5.44. The number of amides is 1. The average molecular weight is 220 g/mol. The van der Waals surface area contributed by atoms with Gasteiger partial charge < -0.3 is 11.1 Å². The normalized spacial score (nSPS) is 13.3. The van der Waals surface area contributed by atoms with Gasteiger partial charge in [-0.3, -0.25) is 4.79 Å². The third-order valence-electron chi connectivity index (χ3n) is 2.50. The van der Waals surface area contributed by atoms with Crippen LogP contribution in [-0.4, -0.2) is 11.9 Å². The van der Waals surface area contributed by atoms with Crippen LogP contribution in [0.5, 0.6) is 0 Å². The Bertz CT molecular complexity index is 380. The molecule has 1 rings (SSSR count). The van der Waals surface area contributed by atoms with E-state index in [0.29, 0.717) is 0 Å². The second-order valence-corrected chi connectivity index (χ2v) is 5.20. The van der Waals surface area contributed by atoms with Crippen molar-refractivity contribution < 1.29 is 4.79 Å². The summed E-state index contributed by atoms with van der Waals surface area (Å²) in [5, 5.41) is 2.83. The largest absolute Gasteiger partial charge is 0.325 e. The molecular formula is C13H20N2O. The molecule has 0 bridgehead atoms. The van der Waals surface area contributed by atoms with Gasteiger partial charge in [-0.1, -0.05) is 32.9 Å². The first-order chi connectivity index (χ1) is 7.30. The van der Waals surface area contributed by atoms with Gasteiger partial charge in [0.2, 0.25) is 5.91 Å². The van der Waals surface area contributed by atoms with Gasteiger partial charge in [0, 0.05) is 5.69 Å². The lowest BCUT2D eigenvalue weighted by molar-refractivity contribution is -0.119. The summed E-state index contributed by atoms with van der Waals surface area (Å²) in [5.74, 6) is -0.141. The molecule has 1 atom stereocenters. The SMILES string of the molecule is Cc1cccc(NC(=O)C(N)C(C)(C)C)c1. The first kappa shape index (κ1) is 12.7. The van der Waals surface area contributed by atoms with E-state index in [4.69, 9.17) is 5.73 Å². The van der Waals surface area contributed by atoms with Gasteiger partial charge in [-0.25, -0.2) is 0 Å². The highest BCUT2D eigenvalue weighted by atomic mass is 16.2. The summed E-state index contributed by atoms with van der Waals surface area (Å²) in [6.45, 7) is 7.84. The van der Waals surface area contributed by atoms with Crippen LogP contribution in [0.4, 0.5) is 5.69 Å².